The second-order valence-corrected chi connectivity index (χ2v) is 5.13. The maximum Gasteiger partial charge on any atom is 0.259 e. The van der Waals surface area contributed by atoms with Crippen molar-refractivity contribution in [2.24, 2.45) is 0 Å². The van der Waals surface area contributed by atoms with Gasteiger partial charge in [0.1, 0.15) is 5.82 Å². The highest BCUT2D eigenvalue weighted by atomic mass is 35.5. The minimum absolute atomic E-state index is 0. The van der Waals surface area contributed by atoms with Gasteiger partial charge in [-0.2, -0.15) is 0 Å². The molecule has 0 aliphatic carbocycles. The molecule has 17 heavy (non-hydrogen) atoms. The lowest BCUT2D eigenvalue weighted by molar-refractivity contribution is 0.576. The van der Waals surface area contributed by atoms with Gasteiger partial charge in [0, 0.05) is 25.8 Å². The zero-order valence-corrected chi connectivity index (χ0v) is 11.9. The standard InChI is InChI=1S/C9H18N4O2S.ClH/c1-4-13-7-9(12-8(13)2)16(14,15)11-6-5-10-3;/h7,10-11H,4-6H2,1-3H3;1H. The van der Waals surface area contributed by atoms with E-state index in [0.29, 0.717) is 25.5 Å². The van der Waals surface area contributed by atoms with Gasteiger partial charge in [-0.25, -0.2) is 18.1 Å². The van der Waals surface area contributed by atoms with E-state index in [2.05, 4.69) is 15.0 Å². The fourth-order valence-electron chi connectivity index (χ4n) is 1.31. The van der Waals surface area contributed by atoms with E-state index in [1.807, 2.05) is 6.92 Å². The minimum Gasteiger partial charge on any atom is -0.334 e. The van der Waals surface area contributed by atoms with Crippen LogP contribution in [0.3, 0.4) is 0 Å². The number of hydrogen-bond acceptors (Lipinski definition) is 4. The van der Waals surface area contributed by atoms with Crippen LogP contribution in [-0.2, 0) is 16.6 Å². The zero-order valence-electron chi connectivity index (χ0n) is 10.2. The van der Waals surface area contributed by atoms with Crippen LogP contribution in [0.1, 0.15) is 12.7 Å². The summed E-state index contributed by atoms with van der Waals surface area (Å²) in [4.78, 5) is 4.02. The molecule has 0 amide bonds. The second kappa shape index (κ2) is 6.95. The lowest BCUT2D eigenvalue weighted by Gasteiger charge is -2.02. The zero-order chi connectivity index (χ0) is 12.2. The third kappa shape index (κ3) is 4.27. The van der Waals surface area contributed by atoms with Crippen molar-refractivity contribution in [2.45, 2.75) is 25.4 Å². The molecule has 0 saturated heterocycles. The molecule has 0 aromatic carbocycles. The van der Waals surface area contributed by atoms with E-state index in [1.165, 1.54) is 0 Å². The summed E-state index contributed by atoms with van der Waals surface area (Å²) in [5.41, 5.74) is 0. The lowest BCUT2D eigenvalue weighted by atomic mass is 10.6. The molecule has 0 spiro atoms. The van der Waals surface area contributed by atoms with Crippen LogP contribution in [-0.4, -0.2) is 38.1 Å². The quantitative estimate of drug-likeness (QED) is 0.728. The van der Waals surface area contributed by atoms with Crippen molar-refractivity contribution < 1.29 is 8.42 Å². The van der Waals surface area contributed by atoms with E-state index < -0.39 is 10.0 Å². The van der Waals surface area contributed by atoms with Crippen molar-refractivity contribution >= 4 is 22.4 Å². The number of aryl methyl sites for hydroxylation is 2. The first-order valence-corrected chi connectivity index (χ1v) is 6.67. The van der Waals surface area contributed by atoms with Gasteiger partial charge >= 0.3 is 0 Å². The molecule has 8 heteroatoms. The second-order valence-electron chi connectivity index (χ2n) is 3.41. The van der Waals surface area contributed by atoms with E-state index in [1.54, 1.807) is 24.7 Å². The Kier molecular flexibility index (Phi) is 6.69. The molecule has 1 aromatic heterocycles. The van der Waals surface area contributed by atoms with Crippen LogP contribution in [0.15, 0.2) is 11.2 Å². The van der Waals surface area contributed by atoms with Crippen LogP contribution in [0.5, 0.6) is 0 Å². The molecule has 0 aliphatic rings. The number of hydrogen-bond donors (Lipinski definition) is 2. The normalized spacial score (nSPS) is 11.2. The van der Waals surface area contributed by atoms with E-state index in [-0.39, 0.29) is 17.4 Å². The highest BCUT2D eigenvalue weighted by Gasteiger charge is 2.17. The molecular weight excluding hydrogens is 264 g/mol. The molecule has 0 fully saturated rings. The Hall–Kier alpha value is -0.630. The van der Waals surface area contributed by atoms with Crippen LogP contribution in [0.25, 0.3) is 0 Å². The van der Waals surface area contributed by atoms with Crippen molar-refractivity contribution in [3.05, 3.63) is 12.0 Å². The maximum absolute atomic E-state index is 11.8. The summed E-state index contributed by atoms with van der Waals surface area (Å²) in [5, 5.41) is 2.95. The van der Waals surface area contributed by atoms with Crippen molar-refractivity contribution in [3.63, 3.8) is 0 Å². The summed E-state index contributed by atoms with van der Waals surface area (Å²) in [5.74, 6) is 0.705. The summed E-state index contributed by atoms with van der Waals surface area (Å²) >= 11 is 0. The van der Waals surface area contributed by atoms with Crippen LogP contribution < -0.4 is 10.0 Å². The van der Waals surface area contributed by atoms with Crippen LogP contribution in [0.2, 0.25) is 0 Å². The van der Waals surface area contributed by atoms with Crippen molar-refractivity contribution in [1.82, 2.24) is 19.6 Å². The number of rotatable bonds is 6. The van der Waals surface area contributed by atoms with E-state index in [4.69, 9.17) is 0 Å². The molecule has 1 heterocycles. The van der Waals surface area contributed by atoms with Gasteiger partial charge in [-0.1, -0.05) is 0 Å². The van der Waals surface area contributed by atoms with Gasteiger partial charge in [0.2, 0.25) is 0 Å². The number of nitrogens with one attached hydrogen (secondary N) is 2. The van der Waals surface area contributed by atoms with Gasteiger partial charge < -0.3 is 9.88 Å². The van der Waals surface area contributed by atoms with Crippen molar-refractivity contribution in [3.8, 4) is 0 Å². The Morgan fingerprint density at radius 3 is 2.53 bits per heavy atom. The number of likely N-dealkylation sites (N-methyl/N-ethyl adjacent to an activating group) is 1. The molecule has 100 valence electrons. The molecule has 6 nitrogen and oxygen atoms in total. The predicted molar refractivity (Wildman–Crippen MR) is 69.0 cm³/mol. The Morgan fingerprint density at radius 1 is 1.41 bits per heavy atom. The fraction of sp³-hybridized carbons (Fsp3) is 0.667. The summed E-state index contributed by atoms with van der Waals surface area (Å²) in [7, 11) is -1.70. The van der Waals surface area contributed by atoms with Gasteiger partial charge in [0.05, 0.1) is 0 Å². The fourth-order valence-corrected chi connectivity index (χ4v) is 2.35. The molecule has 2 N–H and O–H groups in total. The van der Waals surface area contributed by atoms with E-state index in [9.17, 15) is 8.42 Å². The first kappa shape index (κ1) is 16.4. The van der Waals surface area contributed by atoms with Crippen molar-refractivity contribution in [2.75, 3.05) is 20.1 Å². The number of nitrogens with zero attached hydrogens (tertiary/aromatic N) is 2. The number of sulfonamides is 1. The highest BCUT2D eigenvalue weighted by Crippen LogP contribution is 2.08. The Balaban J connectivity index is 0.00000256. The topological polar surface area (TPSA) is 76.0 Å². The third-order valence-electron chi connectivity index (χ3n) is 2.24. The largest absolute Gasteiger partial charge is 0.334 e. The average molecular weight is 283 g/mol. The van der Waals surface area contributed by atoms with Crippen molar-refractivity contribution in [1.29, 1.82) is 0 Å². The Morgan fingerprint density at radius 2 is 2.06 bits per heavy atom. The van der Waals surface area contributed by atoms with Crippen LogP contribution in [0.4, 0.5) is 0 Å². The van der Waals surface area contributed by atoms with Gasteiger partial charge in [-0.15, -0.1) is 12.4 Å². The Bertz CT molecular complexity index is 444. The first-order valence-electron chi connectivity index (χ1n) is 5.19. The third-order valence-corrected chi connectivity index (χ3v) is 3.57. The molecule has 0 atom stereocenters. The predicted octanol–water partition coefficient (Wildman–Crippen LogP) is 0.131. The number of imidazole rings is 1. The van der Waals surface area contributed by atoms with Crippen LogP contribution in [0, 0.1) is 6.92 Å². The first-order chi connectivity index (χ1) is 7.51. The smallest absolute Gasteiger partial charge is 0.259 e. The SMILES string of the molecule is CCn1cc(S(=O)(=O)NCCNC)nc1C.Cl. The van der Waals surface area contributed by atoms with Gasteiger partial charge in [0.25, 0.3) is 10.0 Å². The van der Waals surface area contributed by atoms with E-state index >= 15 is 0 Å². The monoisotopic (exact) mass is 282 g/mol. The summed E-state index contributed by atoms with van der Waals surface area (Å²) < 4.78 is 27.8. The molecule has 0 saturated carbocycles. The average Bonchev–Trinajstić information content (AvgIpc) is 2.60. The summed E-state index contributed by atoms with van der Waals surface area (Å²) in [6, 6.07) is 0. The highest BCUT2D eigenvalue weighted by molar-refractivity contribution is 7.89. The molecule has 1 aromatic rings. The van der Waals surface area contributed by atoms with E-state index in [0.717, 1.165) is 0 Å². The number of aromatic nitrogens is 2. The summed E-state index contributed by atoms with van der Waals surface area (Å²) in [6.45, 7) is 5.39. The van der Waals surface area contributed by atoms with Crippen LogP contribution >= 0.6 is 12.4 Å². The molecule has 0 bridgehead atoms. The molecule has 0 unspecified atom stereocenters. The molecular formula is C9H19ClN4O2S. The van der Waals surface area contributed by atoms with Gasteiger partial charge in [0.15, 0.2) is 5.03 Å². The van der Waals surface area contributed by atoms with Gasteiger partial charge in [-0.3, -0.25) is 0 Å². The molecule has 0 radical (unpaired) electrons. The minimum atomic E-state index is -3.47. The maximum atomic E-state index is 11.8. The summed E-state index contributed by atoms with van der Waals surface area (Å²) in [6.07, 6.45) is 1.55. The Labute approximate surface area is 108 Å². The van der Waals surface area contributed by atoms with Gasteiger partial charge in [-0.05, 0) is 20.9 Å². The molecule has 1 rings (SSSR count). The lowest BCUT2D eigenvalue weighted by Crippen LogP contribution is -2.30. The number of halogens is 1. The molecule has 0 aliphatic heterocycles.